The number of nitrogens with two attached hydrogens (primary N) is 1. The monoisotopic (exact) mass is 261 g/mol. The minimum atomic E-state index is -0.389. The Kier molecular flexibility index (Phi) is 3.15. The maximum Gasteiger partial charge on any atom is 0.184 e. The number of tetrazole rings is 1. The third-order valence-electron chi connectivity index (χ3n) is 3.74. The molecular weight excluding hydrogens is 245 g/mol. The van der Waals surface area contributed by atoms with Crippen LogP contribution in [-0.4, -0.2) is 20.2 Å². The summed E-state index contributed by atoms with van der Waals surface area (Å²) in [6, 6.07) is 4.57. The number of halogens is 1. The fraction of sp³-hybridized carbons (Fsp3) is 0.462. The van der Waals surface area contributed by atoms with Crippen molar-refractivity contribution in [3.63, 3.8) is 0 Å². The molecule has 100 valence electrons. The number of nitrogens with zero attached hydrogens (tertiary/aromatic N) is 4. The van der Waals surface area contributed by atoms with E-state index in [4.69, 9.17) is 5.73 Å². The predicted molar refractivity (Wildman–Crippen MR) is 69.6 cm³/mol. The SMILES string of the molecule is Nc1ccc(-c2nnnn2CCC2CCC2)c(F)c1. The number of aromatic nitrogens is 4. The molecule has 0 spiro atoms. The smallest absolute Gasteiger partial charge is 0.184 e. The van der Waals surface area contributed by atoms with Gasteiger partial charge in [-0.3, -0.25) is 0 Å². The topological polar surface area (TPSA) is 69.6 Å². The predicted octanol–water partition coefficient (Wildman–Crippen LogP) is 2.25. The normalized spacial score (nSPS) is 15.4. The molecule has 0 atom stereocenters. The van der Waals surface area contributed by atoms with E-state index in [0.717, 1.165) is 18.9 Å². The first-order valence-electron chi connectivity index (χ1n) is 6.55. The van der Waals surface area contributed by atoms with Crippen molar-refractivity contribution in [3.05, 3.63) is 24.0 Å². The Hall–Kier alpha value is -1.98. The van der Waals surface area contributed by atoms with Crippen LogP contribution in [0.1, 0.15) is 25.7 Å². The molecule has 0 radical (unpaired) electrons. The minimum absolute atomic E-state index is 0.389. The minimum Gasteiger partial charge on any atom is -0.399 e. The van der Waals surface area contributed by atoms with E-state index in [1.807, 2.05) is 0 Å². The number of nitrogen functional groups attached to an aromatic ring is 1. The molecule has 1 fully saturated rings. The number of aryl methyl sites for hydroxylation is 1. The Morgan fingerprint density at radius 1 is 1.37 bits per heavy atom. The van der Waals surface area contributed by atoms with Crippen molar-refractivity contribution in [2.45, 2.75) is 32.2 Å². The molecule has 1 aliphatic carbocycles. The second kappa shape index (κ2) is 4.95. The quantitative estimate of drug-likeness (QED) is 0.857. The number of hydrogen-bond acceptors (Lipinski definition) is 4. The van der Waals surface area contributed by atoms with Gasteiger partial charge in [0.25, 0.3) is 0 Å². The number of benzene rings is 1. The lowest BCUT2D eigenvalue weighted by atomic mass is 9.83. The van der Waals surface area contributed by atoms with Crippen LogP contribution in [0.4, 0.5) is 10.1 Å². The summed E-state index contributed by atoms with van der Waals surface area (Å²) in [6.07, 6.45) is 4.94. The summed E-state index contributed by atoms with van der Waals surface area (Å²) < 4.78 is 15.6. The van der Waals surface area contributed by atoms with Gasteiger partial charge in [-0.25, -0.2) is 9.07 Å². The summed E-state index contributed by atoms with van der Waals surface area (Å²) in [5, 5.41) is 11.5. The van der Waals surface area contributed by atoms with Crippen molar-refractivity contribution < 1.29 is 4.39 Å². The fourth-order valence-corrected chi connectivity index (χ4v) is 2.35. The van der Waals surface area contributed by atoms with Gasteiger partial charge in [-0.2, -0.15) is 0 Å². The highest BCUT2D eigenvalue weighted by molar-refractivity contribution is 5.59. The molecule has 0 unspecified atom stereocenters. The van der Waals surface area contributed by atoms with Gasteiger partial charge in [-0.1, -0.05) is 19.3 Å². The van der Waals surface area contributed by atoms with Crippen molar-refractivity contribution >= 4 is 5.69 Å². The second-order valence-corrected chi connectivity index (χ2v) is 5.05. The van der Waals surface area contributed by atoms with Gasteiger partial charge in [0.05, 0.1) is 5.56 Å². The molecule has 6 heteroatoms. The molecule has 5 nitrogen and oxygen atoms in total. The molecule has 0 saturated heterocycles. The second-order valence-electron chi connectivity index (χ2n) is 5.05. The van der Waals surface area contributed by atoms with Crippen LogP contribution in [0.15, 0.2) is 18.2 Å². The average Bonchev–Trinajstić information content (AvgIpc) is 2.75. The van der Waals surface area contributed by atoms with E-state index in [1.54, 1.807) is 16.8 Å². The molecule has 1 saturated carbocycles. The molecule has 0 aliphatic heterocycles. The first kappa shape index (κ1) is 12.1. The Bertz CT molecular complexity index is 576. The number of hydrogen-bond donors (Lipinski definition) is 1. The van der Waals surface area contributed by atoms with E-state index in [9.17, 15) is 4.39 Å². The van der Waals surface area contributed by atoms with Crippen molar-refractivity contribution in [3.8, 4) is 11.4 Å². The van der Waals surface area contributed by atoms with Gasteiger partial charge < -0.3 is 5.73 Å². The average molecular weight is 261 g/mol. The lowest BCUT2D eigenvalue weighted by molar-refractivity contribution is 0.277. The van der Waals surface area contributed by atoms with Crippen LogP contribution in [-0.2, 0) is 6.54 Å². The lowest BCUT2D eigenvalue weighted by Gasteiger charge is -2.24. The molecule has 1 heterocycles. The zero-order valence-electron chi connectivity index (χ0n) is 10.6. The molecule has 2 aromatic rings. The summed E-state index contributed by atoms with van der Waals surface area (Å²) in [5.74, 6) is 0.852. The Labute approximate surface area is 110 Å². The third-order valence-corrected chi connectivity index (χ3v) is 3.74. The molecule has 0 amide bonds. The summed E-state index contributed by atoms with van der Waals surface area (Å²) >= 11 is 0. The largest absolute Gasteiger partial charge is 0.399 e. The lowest BCUT2D eigenvalue weighted by Crippen LogP contribution is -2.15. The van der Waals surface area contributed by atoms with Crippen LogP contribution in [0.25, 0.3) is 11.4 Å². The van der Waals surface area contributed by atoms with Crippen molar-refractivity contribution in [1.29, 1.82) is 0 Å². The number of rotatable bonds is 4. The highest BCUT2D eigenvalue weighted by Gasteiger charge is 2.19. The number of anilines is 1. The maximum atomic E-state index is 13.9. The first-order valence-corrected chi connectivity index (χ1v) is 6.55. The van der Waals surface area contributed by atoms with Crippen LogP contribution in [0.5, 0.6) is 0 Å². The fourth-order valence-electron chi connectivity index (χ4n) is 2.35. The van der Waals surface area contributed by atoms with Gasteiger partial charge in [0.1, 0.15) is 5.82 Å². The van der Waals surface area contributed by atoms with Gasteiger partial charge in [-0.05, 0) is 41.0 Å². The van der Waals surface area contributed by atoms with E-state index < -0.39 is 0 Å². The first-order chi connectivity index (χ1) is 9.24. The highest BCUT2D eigenvalue weighted by atomic mass is 19.1. The molecule has 1 aromatic carbocycles. The van der Waals surface area contributed by atoms with E-state index in [1.165, 1.54) is 25.3 Å². The van der Waals surface area contributed by atoms with Crippen LogP contribution < -0.4 is 5.73 Å². The van der Waals surface area contributed by atoms with Crippen molar-refractivity contribution in [1.82, 2.24) is 20.2 Å². The van der Waals surface area contributed by atoms with Crippen LogP contribution in [0, 0.1) is 11.7 Å². The van der Waals surface area contributed by atoms with E-state index in [-0.39, 0.29) is 5.82 Å². The summed E-state index contributed by atoms with van der Waals surface area (Å²) in [6.45, 7) is 0.733. The van der Waals surface area contributed by atoms with Gasteiger partial charge in [0.2, 0.25) is 0 Å². The van der Waals surface area contributed by atoms with Gasteiger partial charge in [0.15, 0.2) is 5.82 Å². The van der Waals surface area contributed by atoms with Crippen LogP contribution >= 0.6 is 0 Å². The molecular formula is C13H16FN5. The molecule has 2 N–H and O–H groups in total. The summed E-state index contributed by atoms with van der Waals surface area (Å²) in [7, 11) is 0. The van der Waals surface area contributed by atoms with E-state index in [2.05, 4.69) is 15.5 Å². The zero-order chi connectivity index (χ0) is 13.2. The molecule has 1 aromatic heterocycles. The third kappa shape index (κ3) is 2.43. The molecule has 19 heavy (non-hydrogen) atoms. The molecule has 0 bridgehead atoms. The Morgan fingerprint density at radius 3 is 2.89 bits per heavy atom. The molecule has 3 rings (SSSR count). The summed E-state index contributed by atoms with van der Waals surface area (Å²) in [5.41, 5.74) is 6.34. The van der Waals surface area contributed by atoms with Gasteiger partial charge in [0, 0.05) is 12.2 Å². The zero-order valence-corrected chi connectivity index (χ0v) is 10.6. The van der Waals surface area contributed by atoms with Crippen molar-refractivity contribution in [2.24, 2.45) is 5.92 Å². The van der Waals surface area contributed by atoms with Gasteiger partial charge >= 0.3 is 0 Å². The van der Waals surface area contributed by atoms with E-state index >= 15 is 0 Å². The highest BCUT2D eigenvalue weighted by Crippen LogP contribution is 2.30. The van der Waals surface area contributed by atoms with Crippen molar-refractivity contribution in [2.75, 3.05) is 5.73 Å². The Morgan fingerprint density at radius 2 is 2.21 bits per heavy atom. The standard InChI is InChI=1S/C13H16FN5/c14-12-8-10(15)4-5-11(12)13-16-17-18-19(13)7-6-9-2-1-3-9/h4-5,8-9H,1-3,6-7,15H2. The van der Waals surface area contributed by atoms with Crippen LogP contribution in [0.2, 0.25) is 0 Å². The van der Waals surface area contributed by atoms with Gasteiger partial charge in [-0.15, -0.1) is 5.10 Å². The Balaban J connectivity index is 1.81. The van der Waals surface area contributed by atoms with E-state index in [0.29, 0.717) is 17.1 Å². The van der Waals surface area contributed by atoms with Crippen LogP contribution in [0.3, 0.4) is 0 Å². The summed E-state index contributed by atoms with van der Waals surface area (Å²) in [4.78, 5) is 0. The maximum absolute atomic E-state index is 13.9. The molecule has 1 aliphatic rings.